The summed E-state index contributed by atoms with van der Waals surface area (Å²) in [5, 5.41) is 12.2. The lowest BCUT2D eigenvalue weighted by Crippen LogP contribution is -2.22. The molecule has 1 unspecified atom stereocenters. The van der Waals surface area contributed by atoms with Crippen LogP contribution in [0.25, 0.3) is 0 Å². The molecule has 0 amide bonds. The van der Waals surface area contributed by atoms with E-state index in [1.807, 2.05) is 6.07 Å². The minimum absolute atomic E-state index is 0.295. The molecule has 0 aromatic heterocycles. The van der Waals surface area contributed by atoms with Crippen LogP contribution < -0.4 is 5.32 Å². The molecule has 0 aliphatic carbocycles. The average Bonchev–Trinajstić information content (AvgIpc) is 2.30. The van der Waals surface area contributed by atoms with Gasteiger partial charge in [-0.3, -0.25) is 0 Å². The quantitative estimate of drug-likeness (QED) is 0.673. The molecule has 15 heavy (non-hydrogen) atoms. The molecule has 2 heteroatoms. The summed E-state index contributed by atoms with van der Waals surface area (Å²) >= 11 is 0. The number of hydrogen-bond donors (Lipinski definition) is 2. The van der Waals surface area contributed by atoms with Crippen LogP contribution in [0.2, 0.25) is 0 Å². The van der Waals surface area contributed by atoms with Gasteiger partial charge < -0.3 is 10.4 Å². The lowest BCUT2D eigenvalue weighted by Gasteiger charge is -2.17. The molecule has 0 fully saturated rings. The van der Waals surface area contributed by atoms with Crippen LogP contribution in [0, 0.1) is 0 Å². The topological polar surface area (TPSA) is 32.3 Å². The van der Waals surface area contributed by atoms with Crippen LogP contribution in [0.3, 0.4) is 0 Å². The van der Waals surface area contributed by atoms with Gasteiger partial charge in [-0.05, 0) is 31.4 Å². The normalized spacial score (nSPS) is 12.7. The van der Waals surface area contributed by atoms with E-state index in [0.29, 0.717) is 12.6 Å². The summed E-state index contributed by atoms with van der Waals surface area (Å²) in [6, 6.07) is 11.0. The molecule has 1 aromatic carbocycles. The maximum absolute atomic E-state index is 8.68. The molecular formula is C13H21NO. The first kappa shape index (κ1) is 12.2. The van der Waals surface area contributed by atoms with E-state index in [0.717, 1.165) is 25.8 Å². The largest absolute Gasteiger partial charge is 0.396 e. The van der Waals surface area contributed by atoms with Gasteiger partial charge in [0.05, 0.1) is 0 Å². The predicted molar refractivity (Wildman–Crippen MR) is 63.8 cm³/mol. The molecule has 0 aliphatic heterocycles. The van der Waals surface area contributed by atoms with Crippen LogP contribution in [0.15, 0.2) is 30.3 Å². The van der Waals surface area contributed by atoms with E-state index < -0.39 is 0 Å². The van der Waals surface area contributed by atoms with E-state index in [2.05, 4.69) is 36.5 Å². The zero-order valence-electron chi connectivity index (χ0n) is 9.45. The van der Waals surface area contributed by atoms with Gasteiger partial charge in [-0.1, -0.05) is 37.3 Å². The number of aliphatic hydroxyl groups is 1. The molecule has 1 aromatic rings. The summed E-state index contributed by atoms with van der Waals surface area (Å²) in [4.78, 5) is 0. The Balaban J connectivity index is 2.36. The highest BCUT2D eigenvalue weighted by atomic mass is 16.2. The Morgan fingerprint density at radius 2 is 1.93 bits per heavy atom. The monoisotopic (exact) mass is 207 g/mol. The molecule has 0 spiro atoms. The summed E-state index contributed by atoms with van der Waals surface area (Å²) in [6.07, 6.45) is 3.03. The Bertz CT molecular complexity index is 248. The number of hydrogen-bond acceptors (Lipinski definition) is 2. The molecule has 0 heterocycles. The van der Waals surface area contributed by atoms with Crippen molar-refractivity contribution in [1.82, 2.24) is 5.32 Å². The molecule has 0 saturated carbocycles. The van der Waals surface area contributed by atoms with Gasteiger partial charge in [-0.2, -0.15) is 0 Å². The predicted octanol–water partition coefficient (Wildman–Crippen LogP) is 2.50. The van der Waals surface area contributed by atoms with Gasteiger partial charge >= 0.3 is 0 Å². The summed E-state index contributed by atoms with van der Waals surface area (Å²) in [5.74, 6) is 0. The van der Waals surface area contributed by atoms with Gasteiger partial charge in [-0.25, -0.2) is 0 Å². The van der Waals surface area contributed by atoms with E-state index in [4.69, 9.17) is 5.11 Å². The molecule has 2 N–H and O–H groups in total. The highest BCUT2D eigenvalue weighted by Crippen LogP contribution is 2.15. The second-order valence-corrected chi connectivity index (χ2v) is 3.76. The minimum atomic E-state index is 0.295. The van der Waals surface area contributed by atoms with Crippen molar-refractivity contribution in [2.75, 3.05) is 13.2 Å². The SMILES string of the molecule is CCC(NCCCCO)c1ccccc1. The summed E-state index contributed by atoms with van der Waals surface area (Å²) in [7, 11) is 0. The highest BCUT2D eigenvalue weighted by Gasteiger charge is 2.06. The lowest BCUT2D eigenvalue weighted by molar-refractivity contribution is 0.282. The fourth-order valence-corrected chi connectivity index (χ4v) is 1.70. The van der Waals surface area contributed by atoms with Gasteiger partial charge in [0.25, 0.3) is 0 Å². The Labute approximate surface area is 92.3 Å². The van der Waals surface area contributed by atoms with Gasteiger partial charge in [0, 0.05) is 12.6 Å². The second-order valence-electron chi connectivity index (χ2n) is 3.76. The van der Waals surface area contributed by atoms with Crippen LogP contribution >= 0.6 is 0 Å². The van der Waals surface area contributed by atoms with E-state index in [1.165, 1.54) is 5.56 Å². The van der Waals surface area contributed by atoms with Crippen molar-refractivity contribution in [3.8, 4) is 0 Å². The molecule has 0 saturated heterocycles. The first-order valence-electron chi connectivity index (χ1n) is 5.77. The van der Waals surface area contributed by atoms with Crippen molar-refractivity contribution in [1.29, 1.82) is 0 Å². The van der Waals surface area contributed by atoms with E-state index >= 15 is 0 Å². The minimum Gasteiger partial charge on any atom is -0.396 e. The van der Waals surface area contributed by atoms with E-state index in [1.54, 1.807) is 0 Å². The van der Waals surface area contributed by atoms with Crippen LogP contribution in [-0.2, 0) is 0 Å². The van der Waals surface area contributed by atoms with Crippen molar-refractivity contribution in [2.45, 2.75) is 32.2 Å². The Kier molecular flexibility index (Phi) is 6.05. The molecule has 0 aliphatic rings. The summed E-state index contributed by atoms with van der Waals surface area (Å²) in [5.41, 5.74) is 1.35. The molecule has 2 nitrogen and oxygen atoms in total. The van der Waals surface area contributed by atoms with E-state index in [9.17, 15) is 0 Å². The van der Waals surface area contributed by atoms with Crippen molar-refractivity contribution in [3.63, 3.8) is 0 Å². The number of rotatable bonds is 7. The number of benzene rings is 1. The van der Waals surface area contributed by atoms with Crippen molar-refractivity contribution < 1.29 is 5.11 Å². The summed E-state index contributed by atoms with van der Waals surface area (Å²) < 4.78 is 0. The molecule has 1 atom stereocenters. The second kappa shape index (κ2) is 7.43. The highest BCUT2D eigenvalue weighted by molar-refractivity contribution is 5.18. The van der Waals surface area contributed by atoms with Crippen LogP contribution in [0.4, 0.5) is 0 Å². The number of unbranched alkanes of at least 4 members (excludes halogenated alkanes) is 1. The molecule has 1 rings (SSSR count). The standard InChI is InChI=1S/C13H21NO/c1-2-13(14-10-6-7-11-15)12-8-4-3-5-9-12/h3-5,8-9,13-15H,2,6-7,10-11H2,1H3. The Morgan fingerprint density at radius 3 is 2.53 bits per heavy atom. The van der Waals surface area contributed by atoms with Crippen LogP contribution in [0.1, 0.15) is 37.8 Å². The molecular weight excluding hydrogens is 186 g/mol. The maximum atomic E-state index is 8.68. The van der Waals surface area contributed by atoms with Gasteiger partial charge in [0.15, 0.2) is 0 Å². The van der Waals surface area contributed by atoms with Crippen LogP contribution in [0.5, 0.6) is 0 Å². The Hall–Kier alpha value is -0.860. The smallest absolute Gasteiger partial charge is 0.0431 e. The summed E-state index contributed by atoms with van der Waals surface area (Å²) in [6.45, 7) is 3.47. The van der Waals surface area contributed by atoms with Crippen molar-refractivity contribution in [2.24, 2.45) is 0 Å². The fraction of sp³-hybridized carbons (Fsp3) is 0.538. The maximum Gasteiger partial charge on any atom is 0.0431 e. The first-order chi connectivity index (χ1) is 7.38. The third-order valence-corrected chi connectivity index (χ3v) is 2.59. The van der Waals surface area contributed by atoms with Gasteiger partial charge in [0.2, 0.25) is 0 Å². The molecule has 84 valence electrons. The fourth-order valence-electron chi connectivity index (χ4n) is 1.70. The molecule has 0 bridgehead atoms. The number of nitrogens with one attached hydrogen (secondary N) is 1. The van der Waals surface area contributed by atoms with E-state index in [-0.39, 0.29) is 0 Å². The van der Waals surface area contributed by atoms with Crippen LogP contribution in [-0.4, -0.2) is 18.3 Å². The lowest BCUT2D eigenvalue weighted by atomic mass is 10.0. The average molecular weight is 207 g/mol. The first-order valence-corrected chi connectivity index (χ1v) is 5.77. The van der Waals surface area contributed by atoms with Gasteiger partial charge in [-0.15, -0.1) is 0 Å². The third kappa shape index (κ3) is 4.45. The third-order valence-electron chi connectivity index (χ3n) is 2.59. The molecule has 0 radical (unpaired) electrons. The van der Waals surface area contributed by atoms with Gasteiger partial charge in [0.1, 0.15) is 0 Å². The zero-order valence-corrected chi connectivity index (χ0v) is 9.45. The number of aliphatic hydroxyl groups excluding tert-OH is 1. The zero-order chi connectivity index (χ0) is 10.9. The van der Waals surface area contributed by atoms with Crippen molar-refractivity contribution in [3.05, 3.63) is 35.9 Å². The van der Waals surface area contributed by atoms with Crippen molar-refractivity contribution >= 4 is 0 Å². The Morgan fingerprint density at radius 1 is 1.20 bits per heavy atom.